The van der Waals surface area contributed by atoms with E-state index in [4.69, 9.17) is 19.4 Å². The van der Waals surface area contributed by atoms with E-state index in [1.165, 1.54) is 24.9 Å². The topological polar surface area (TPSA) is 112 Å². The largest absolute Gasteiger partial charge is 0.488 e. The third-order valence-corrected chi connectivity index (χ3v) is 5.20. The second-order valence-electron chi connectivity index (χ2n) is 7.50. The highest BCUT2D eigenvalue weighted by atomic mass is 16.5. The van der Waals surface area contributed by atoms with Gasteiger partial charge in [-0.05, 0) is 24.0 Å². The number of nitrogens with one attached hydrogen (secondary N) is 1. The molecule has 2 aromatic rings. The number of amides is 1. The van der Waals surface area contributed by atoms with Gasteiger partial charge in [0.1, 0.15) is 5.56 Å². The van der Waals surface area contributed by atoms with Crippen LogP contribution in [0.5, 0.6) is 11.6 Å². The lowest BCUT2D eigenvalue weighted by Crippen LogP contribution is -2.31. The number of ether oxygens (including phenoxy) is 3. The van der Waals surface area contributed by atoms with Crippen LogP contribution in [-0.2, 0) is 11.2 Å². The third-order valence-electron chi connectivity index (χ3n) is 5.20. The van der Waals surface area contributed by atoms with Crippen LogP contribution in [0, 0.1) is 5.92 Å². The van der Waals surface area contributed by atoms with Crippen molar-refractivity contribution in [2.24, 2.45) is 5.92 Å². The van der Waals surface area contributed by atoms with E-state index in [1.54, 1.807) is 7.11 Å². The van der Waals surface area contributed by atoms with Crippen molar-refractivity contribution in [1.29, 1.82) is 0 Å². The molecule has 0 aromatic carbocycles. The maximum absolute atomic E-state index is 12.5. The molecule has 3 rings (SSSR count). The van der Waals surface area contributed by atoms with E-state index in [9.17, 15) is 9.59 Å². The average molecular weight is 417 g/mol. The second-order valence-corrected chi connectivity index (χ2v) is 7.50. The van der Waals surface area contributed by atoms with Gasteiger partial charge in [-0.2, -0.15) is 0 Å². The van der Waals surface area contributed by atoms with Crippen molar-refractivity contribution in [2.75, 3.05) is 27.4 Å². The maximum atomic E-state index is 12.5. The van der Waals surface area contributed by atoms with Gasteiger partial charge < -0.3 is 18.8 Å². The van der Waals surface area contributed by atoms with Crippen LogP contribution in [0.15, 0.2) is 23.1 Å². The van der Waals surface area contributed by atoms with E-state index >= 15 is 0 Å². The zero-order valence-corrected chi connectivity index (χ0v) is 17.6. The number of hydrogen-bond donors (Lipinski definition) is 2. The van der Waals surface area contributed by atoms with Gasteiger partial charge >= 0.3 is 0 Å². The van der Waals surface area contributed by atoms with Gasteiger partial charge in [-0.15, -0.1) is 0 Å². The highest BCUT2D eigenvalue weighted by Crippen LogP contribution is 2.40. The van der Waals surface area contributed by atoms with Crippen LogP contribution < -0.4 is 20.4 Å². The van der Waals surface area contributed by atoms with E-state index in [-0.39, 0.29) is 17.5 Å². The fraction of sp³-hybridized carbons (Fsp3) is 0.476. The first kappa shape index (κ1) is 21.8. The third kappa shape index (κ3) is 4.17. The summed E-state index contributed by atoms with van der Waals surface area (Å²) in [4.78, 5) is 29.0. The number of pyridine rings is 2. The molecule has 0 fully saturated rings. The summed E-state index contributed by atoms with van der Waals surface area (Å²) < 4.78 is 18.2. The Labute approximate surface area is 174 Å². The molecule has 1 atom stereocenters. The van der Waals surface area contributed by atoms with Crippen molar-refractivity contribution >= 4 is 5.91 Å². The molecule has 1 amide bonds. The molecular formula is C21H27N3O6. The molecule has 2 N–H and O–H groups in total. The molecule has 3 heterocycles. The maximum Gasteiger partial charge on any atom is 0.280 e. The first-order chi connectivity index (χ1) is 14.4. The molecule has 1 unspecified atom stereocenters. The van der Waals surface area contributed by atoms with Crippen molar-refractivity contribution in [3.63, 3.8) is 0 Å². The van der Waals surface area contributed by atoms with Gasteiger partial charge in [0.25, 0.3) is 11.8 Å². The first-order valence-corrected chi connectivity index (χ1v) is 9.81. The number of hydroxylamine groups is 1. The van der Waals surface area contributed by atoms with Gasteiger partial charge in [0, 0.05) is 38.4 Å². The minimum Gasteiger partial charge on any atom is -0.488 e. The summed E-state index contributed by atoms with van der Waals surface area (Å²) in [7, 11) is 3.15. The lowest BCUT2D eigenvalue weighted by molar-refractivity contribution is 0.0704. The van der Waals surface area contributed by atoms with Crippen molar-refractivity contribution < 1.29 is 24.2 Å². The Morgan fingerprint density at radius 3 is 2.73 bits per heavy atom. The number of aromatic nitrogens is 2. The summed E-state index contributed by atoms with van der Waals surface area (Å²) >= 11 is 0. The molecule has 0 radical (unpaired) electrons. The van der Waals surface area contributed by atoms with Crippen LogP contribution in [0.4, 0.5) is 0 Å². The predicted molar refractivity (Wildman–Crippen MR) is 109 cm³/mol. The van der Waals surface area contributed by atoms with Crippen molar-refractivity contribution in [3.8, 4) is 23.0 Å². The molecule has 1 aliphatic heterocycles. The SMILES string of the molecule is COCCCOc1cc2c(nc1OC)-c1cc(=O)c(C(=O)NO)cn1C(C(C)C)C2. The molecule has 30 heavy (non-hydrogen) atoms. The molecule has 0 saturated heterocycles. The molecule has 2 aromatic heterocycles. The van der Waals surface area contributed by atoms with Gasteiger partial charge in [0.05, 0.1) is 25.1 Å². The summed E-state index contributed by atoms with van der Waals surface area (Å²) in [6.07, 6.45) is 2.87. The molecule has 0 saturated carbocycles. The molecular weight excluding hydrogens is 390 g/mol. The van der Waals surface area contributed by atoms with Crippen molar-refractivity contribution in [2.45, 2.75) is 32.7 Å². The zero-order chi connectivity index (χ0) is 21.8. The average Bonchev–Trinajstić information content (AvgIpc) is 2.74. The lowest BCUT2D eigenvalue weighted by atomic mass is 9.89. The van der Waals surface area contributed by atoms with E-state index in [0.717, 1.165) is 12.0 Å². The van der Waals surface area contributed by atoms with E-state index in [0.29, 0.717) is 42.7 Å². The molecule has 9 heteroatoms. The second kappa shape index (κ2) is 9.27. The number of methoxy groups -OCH3 is 2. The van der Waals surface area contributed by atoms with Crippen LogP contribution in [0.3, 0.4) is 0 Å². The Hall–Kier alpha value is -2.91. The summed E-state index contributed by atoms with van der Waals surface area (Å²) in [5.74, 6) is 0.249. The Balaban J connectivity index is 2.10. The van der Waals surface area contributed by atoms with Crippen LogP contribution in [0.25, 0.3) is 11.4 Å². The van der Waals surface area contributed by atoms with Gasteiger partial charge in [-0.25, -0.2) is 10.5 Å². The number of nitrogens with zero attached hydrogens (tertiary/aromatic N) is 2. The summed E-state index contributed by atoms with van der Waals surface area (Å²) in [5.41, 5.74) is 3.06. The van der Waals surface area contributed by atoms with Gasteiger partial charge in [0.2, 0.25) is 0 Å². The highest BCUT2D eigenvalue weighted by molar-refractivity contribution is 5.93. The van der Waals surface area contributed by atoms with Crippen LogP contribution in [0.1, 0.15) is 42.2 Å². The molecule has 162 valence electrons. The minimum atomic E-state index is -0.839. The zero-order valence-electron chi connectivity index (χ0n) is 17.6. The fourth-order valence-corrected chi connectivity index (χ4v) is 3.65. The Morgan fingerprint density at radius 1 is 1.33 bits per heavy atom. The molecule has 0 spiro atoms. The van der Waals surface area contributed by atoms with Gasteiger partial charge in [-0.1, -0.05) is 13.8 Å². The molecule has 9 nitrogen and oxygen atoms in total. The Bertz CT molecular complexity index is 985. The number of rotatable bonds is 8. The van der Waals surface area contributed by atoms with Crippen LogP contribution in [-0.4, -0.2) is 48.1 Å². The minimum absolute atomic E-state index is 0.00474. The van der Waals surface area contributed by atoms with Crippen LogP contribution in [0.2, 0.25) is 0 Å². The van der Waals surface area contributed by atoms with E-state index < -0.39 is 11.3 Å². The van der Waals surface area contributed by atoms with E-state index in [1.807, 2.05) is 10.6 Å². The van der Waals surface area contributed by atoms with Crippen molar-refractivity contribution in [1.82, 2.24) is 15.0 Å². The normalized spacial score (nSPS) is 14.8. The molecule has 0 bridgehead atoms. The number of fused-ring (bicyclic) bond motifs is 3. The molecule has 1 aliphatic rings. The number of carbonyl (C=O) groups excluding carboxylic acids is 1. The smallest absolute Gasteiger partial charge is 0.280 e. The summed E-state index contributed by atoms with van der Waals surface area (Å²) in [6.45, 7) is 5.20. The monoisotopic (exact) mass is 417 g/mol. The summed E-state index contributed by atoms with van der Waals surface area (Å²) in [5, 5.41) is 8.95. The van der Waals surface area contributed by atoms with Crippen molar-refractivity contribution in [3.05, 3.63) is 39.7 Å². The lowest BCUT2D eigenvalue weighted by Gasteiger charge is -2.33. The predicted octanol–water partition coefficient (Wildman–Crippen LogP) is 2.21. The first-order valence-electron chi connectivity index (χ1n) is 9.81. The Morgan fingerprint density at radius 2 is 2.10 bits per heavy atom. The number of carbonyl (C=O) groups is 1. The Kier molecular flexibility index (Phi) is 6.73. The number of hydrogen-bond acceptors (Lipinski definition) is 7. The molecule has 0 aliphatic carbocycles. The highest BCUT2D eigenvalue weighted by Gasteiger charge is 2.30. The quantitative estimate of drug-likeness (QED) is 0.385. The fourth-order valence-electron chi connectivity index (χ4n) is 3.65. The van der Waals surface area contributed by atoms with E-state index in [2.05, 4.69) is 18.8 Å². The summed E-state index contributed by atoms with van der Waals surface area (Å²) in [6, 6.07) is 3.28. The standard InChI is InChI=1S/C21H27N3O6/c1-12(2)15-8-13-9-18(30-7-5-6-28-3)21(29-4)22-19(13)16-10-17(25)14(11-24(15)16)20(26)23-27/h9-12,15,27H,5-8H2,1-4H3,(H,23,26). The van der Waals surface area contributed by atoms with Crippen LogP contribution >= 0.6 is 0 Å². The van der Waals surface area contributed by atoms with Gasteiger partial charge in [0.15, 0.2) is 11.2 Å². The van der Waals surface area contributed by atoms with Gasteiger partial charge in [-0.3, -0.25) is 14.8 Å².